The Bertz CT molecular complexity index is 1280. The third kappa shape index (κ3) is 4.86. The molecule has 5 aromatic rings. The summed E-state index contributed by atoms with van der Waals surface area (Å²) in [5.74, 6) is 0. The van der Waals surface area contributed by atoms with E-state index in [1.54, 1.807) is 29.4 Å². The molecule has 0 saturated carbocycles. The highest BCUT2D eigenvalue weighted by Gasteiger charge is 2.13. The number of thioether (sulfide) groups is 1. The SMILES string of the molecule is C(=Cc1nc2ccccc2s1)C=C1Nc2ccccc2S1.O.c1ccc2[nH]cnc2c1. The lowest BCUT2D eigenvalue weighted by atomic mass is 10.3. The van der Waals surface area contributed by atoms with Gasteiger partial charge >= 0.3 is 0 Å². The number of nitrogens with one attached hydrogen (secondary N) is 2. The fourth-order valence-corrected chi connectivity index (χ4v) is 4.87. The van der Waals surface area contributed by atoms with Gasteiger partial charge in [-0.05, 0) is 48.6 Å². The second-order valence-corrected chi connectivity index (χ2v) is 8.70. The molecule has 0 atom stereocenters. The van der Waals surface area contributed by atoms with Gasteiger partial charge in [-0.25, -0.2) is 9.97 Å². The Hall–Kier alpha value is -3.39. The van der Waals surface area contributed by atoms with Crippen molar-refractivity contribution in [2.45, 2.75) is 4.90 Å². The van der Waals surface area contributed by atoms with Crippen LogP contribution in [0.15, 0.2) is 101 Å². The number of anilines is 1. The van der Waals surface area contributed by atoms with Crippen molar-refractivity contribution >= 4 is 56.1 Å². The van der Waals surface area contributed by atoms with Crippen molar-refractivity contribution in [3.8, 4) is 0 Å². The van der Waals surface area contributed by atoms with Crippen LogP contribution < -0.4 is 5.32 Å². The second-order valence-electron chi connectivity index (χ2n) is 6.55. The van der Waals surface area contributed by atoms with Crippen LogP contribution in [-0.2, 0) is 0 Å². The van der Waals surface area contributed by atoms with Gasteiger partial charge in [0.05, 0.1) is 38.3 Å². The number of para-hydroxylation sites is 4. The Morgan fingerprint density at radius 3 is 2.45 bits per heavy atom. The molecule has 7 heteroatoms. The minimum absolute atomic E-state index is 0. The summed E-state index contributed by atoms with van der Waals surface area (Å²) in [6.07, 6.45) is 7.91. The first kappa shape index (κ1) is 20.9. The zero-order chi connectivity index (χ0) is 20.2. The summed E-state index contributed by atoms with van der Waals surface area (Å²) in [4.78, 5) is 12.9. The van der Waals surface area contributed by atoms with E-state index in [1.807, 2.05) is 48.5 Å². The van der Waals surface area contributed by atoms with Gasteiger partial charge in [0.15, 0.2) is 0 Å². The minimum atomic E-state index is 0. The van der Waals surface area contributed by atoms with Gasteiger partial charge in [0.2, 0.25) is 0 Å². The van der Waals surface area contributed by atoms with E-state index in [4.69, 9.17) is 0 Å². The summed E-state index contributed by atoms with van der Waals surface area (Å²) in [6.45, 7) is 0. The Labute approximate surface area is 187 Å². The highest BCUT2D eigenvalue weighted by molar-refractivity contribution is 8.03. The number of allylic oxidation sites excluding steroid dienone is 2. The molecule has 1 aliphatic heterocycles. The molecule has 0 spiro atoms. The van der Waals surface area contributed by atoms with Gasteiger partial charge in [-0.3, -0.25) is 0 Å². The second kappa shape index (κ2) is 9.61. The van der Waals surface area contributed by atoms with Crippen molar-refractivity contribution in [1.82, 2.24) is 15.0 Å². The minimum Gasteiger partial charge on any atom is -0.412 e. The highest BCUT2D eigenvalue weighted by atomic mass is 32.2. The summed E-state index contributed by atoms with van der Waals surface area (Å²) in [5.41, 5.74) is 4.37. The lowest BCUT2D eigenvalue weighted by molar-refractivity contribution is 0.824. The lowest BCUT2D eigenvalue weighted by Gasteiger charge is -1.95. The van der Waals surface area contributed by atoms with E-state index < -0.39 is 0 Å². The predicted octanol–water partition coefficient (Wildman–Crippen LogP) is 6.11. The van der Waals surface area contributed by atoms with Gasteiger partial charge in [-0.2, -0.15) is 0 Å². The number of hydrogen-bond acceptors (Lipinski definition) is 5. The molecule has 6 rings (SSSR count). The molecule has 0 aliphatic carbocycles. The van der Waals surface area contributed by atoms with Crippen LogP contribution in [0.5, 0.6) is 0 Å². The Balaban J connectivity index is 0.000000194. The average Bonchev–Trinajstić information content (AvgIpc) is 3.51. The van der Waals surface area contributed by atoms with E-state index in [2.05, 4.69) is 62.8 Å². The van der Waals surface area contributed by atoms with Crippen LogP contribution in [0, 0.1) is 0 Å². The zero-order valence-electron chi connectivity index (χ0n) is 16.4. The molecular weight excluding hydrogens is 424 g/mol. The van der Waals surface area contributed by atoms with E-state index in [9.17, 15) is 0 Å². The van der Waals surface area contributed by atoms with Gasteiger partial charge in [0.25, 0.3) is 0 Å². The van der Waals surface area contributed by atoms with Crippen molar-refractivity contribution < 1.29 is 5.48 Å². The van der Waals surface area contributed by atoms with Gasteiger partial charge in [0.1, 0.15) is 5.01 Å². The van der Waals surface area contributed by atoms with Gasteiger partial charge < -0.3 is 15.8 Å². The smallest absolute Gasteiger partial charge is 0.117 e. The molecule has 0 fully saturated rings. The summed E-state index contributed by atoms with van der Waals surface area (Å²) < 4.78 is 1.23. The highest BCUT2D eigenvalue weighted by Crippen LogP contribution is 2.40. The maximum absolute atomic E-state index is 4.59. The number of rotatable bonds is 2. The van der Waals surface area contributed by atoms with E-state index in [1.165, 1.54) is 15.3 Å². The number of aromatic nitrogens is 3. The van der Waals surface area contributed by atoms with Crippen LogP contribution in [0.2, 0.25) is 0 Å². The number of aromatic amines is 1. The summed E-state index contributed by atoms with van der Waals surface area (Å²) in [7, 11) is 0. The van der Waals surface area contributed by atoms with Gasteiger partial charge in [-0.1, -0.05) is 54.2 Å². The van der Waals surface area contributed by atoms with Crippen molar-refractivity contribution in [3.63, 3.8) is 0 Å². The van der Waals surface area contributed by atoms with E-state index >= 15 is 0 Å². The van der Waals surface area contributed by atoms with E-state index in [-0.39, 0.29) is 5.48 Å². The number of hydrogen-bond donors (Lipinski definition) is 2. The number of thiazole rings is 1. The molecule has 0 bridgehead atoms. The van der Waals surface area contributed by atoms with Crippen LogP contribution in [0.3, 0.4) is 0 Å². The number of nitrogens with zero attached hydrogens (tertiary/aromatic N) is 2. The van der Waals surface area contributed by atoms with Crippen LogP contribution in [-0.4, -0.2) is 20.4 Å². The van der Waals surface area contributed by atoms with E-state index in [0.717, 1.165) is 26.6 Å². The van der Waals surface area contributed by atoms with Gasteiger partial charge in [-0.15, -0.1) is 11.3 Å². The molecule has 0 unspecified atom stereocenters. The van der Waals surface area contributed by atoms with Crippen molar-refractivity contribution in [2.24, 2.45) is 0 Å². The maximum Gasteiger partial charge on any atom is 0.117 e. The topological polar surface area (TPSA) is 85.1 Å². The molecule has 3 heterocycles. The summed E-state index contributed by atoms with van der Waals surface area (Å²) in [5, 5.41) is 5.59. The quantitative estimate of drug-likeness (QED) is 0.344. The van der Waals surface area contributed by atoms with Crippen molar-refractivity contribution in [2.75, 3.05) is 5.32 Å². The number of H-pyrrole nitrogens is 1. The number of benzene rings is 3. The molecule has 2 aromatic heterocycles. The third-order valence-corrected chi connectivity index (χ3v) is 6.53. The molecule has 0 amide bonds. The Morgan fingerprint density at radius 1 is 0.839 bits per heavy atom. The molecule has 31 heavy (non-hydrogen) atoms. The predicted molar refractivity (Wildman–Crippen MR) is 132 cm³/mol. The Kier molecular flexibility index (Phi) is 6.47. The maximum atomic E-state index is 4.59. The summed E-state index contributed by atoms with van der Waals surface area (Å²) >= 11 is 3.47. The molecule has 0 radical (unpaired) electrons. The largest absolute Gasteiger partial charge is 0.412 e. The molecule has 1 aliphatic rings. The molecule has 0 saturated heterocycles. The first-order valence-electron chi connectivity index (χ1n) is 9.51. The fraction of sp³-hybridized carbons (Fsp3) is 0. The zero-order valence-corrected chi connectivity index (χ0v) is 18.1. The van der Waals surface area contributed by atoms with Crippen LogP contribution in [0.1, 0.15) is 5.01 Å². The number of fused-ring (bicyclic) bond motifs is 3. The summed E-state index contributed by atoms with van der Waals surface area (Å²) in [6, 6.07) is 24.5. The third-order valence-electron chi connectivity index (χ3n) is 4.49. The van der Waals surface area contributed by atoms with Crippen molar-refractivity contribution in [3.05, 3.63) is 101 Å². The monoisotopic (exact) mass is 444 g/mol. The van der Waals surface area contributed by atoms with Crippen LogP contribution in [0.25, 0.3) is 27.3 Å². The molecule has 154 valence electrons. The normalized spacial score (nSPS) is 13.6. The van der Waals surface area contributed by atoms with Crippen LogP contribution in [0.4, 0.5) is 5.69 Å². The van der Waals surface area contributed by atoms with E-state index in [0.29, 0.717) is 0 Å². The molecule has 3 aromatic carbocycles. The van der Waals surface area contributed by atoms with Crippen LogP contribution >= 0.6 is 23.1 Å². The first-order valence-corrected chi connectivity index (χ1v) is 11.1. The van der Waals surface area contributed by atoms with Crippen molar-refractivity contribution in [1.29, 1.82) is 0 Å². The number of imidazole rings is 1. The first-order chi connectivity index (χ1) is 14.8. The Morgan fingerprint density at radius 2 is 1.61 bits per heavy atom. The average molecular weight is 445 g/mol. The van der Waals surface area contributed by atoms with Gasteiger partial charge in [0, 0.05) is 4.90 Å². The molecular formula is C24H20N4OS2. The standard InChI is InChI=1S/C17H12N2S2.C7H6N2.H2O/c1-3-8-14-12(6-1)18-16(20-14)10-5-11-17-19-13-7-2-4-9-15(13)21-17;1-2-4-7-6(3-1)8-5-9-7;/h1-11,18H;1-5H,(H,8,9);1H2. The molecule has 5 nitrogen and oxygen atoms in total. The lowest BCUT2D eigenvalue weighted by Crippen LogP contribution is -1.86. The fourth-order valence-electron chi connectivity index (χ4n) is 3.07. The molecule has 4 N–H and O–H groups in total.